The molecule has 0 saturated carbocycles. The van der Waals surface area contributed by atoms with Crippen LogP contribution in [0, 0.1) is 0 Å². The fraction of sp³-hybridized carbons (Fsp3) is 0.273. The van der Waals surface area contributed by atoms with Gasteiger partial charge in [0.25, 0.3) is 5.91 Å². The van der Waals surface area contributed by atoms with E-state index in [1.54, 1.807) is 6.07 Å². The third-order valence-electron chi connectivity index (χ3n) is 4.25. The number of carbonyl (C=O) groups excluding carboxylic acids is 1. The van der Waals surface area contributed by atoms with Crippen molar-refractivity contribution in [2.45, 2.75) is 39.3 Å². The summed E-state index contributed by atoms with van der Waals surface area (Å²) in [5, 5.41) is 10.2. The van der Waals surface area contributed by atoms with Crippen molar-refractivity contribution < 1.29 is 9.53 Å². The lowest BCUT2D eigenvalue weighted by molar-refractivity contribution is 0.0950. The van der Waals surface area contributed by atoms with E-state index in [-0.39, 0.29) is 11.3 Å². The van der Waals surface area contributed by atoms with E-state index in [0.717, 1.165) is 27.2 Å². The summed E-state index contributed by atoms with van der Waals surface area (Å²) in [5.41, 5.74) is 3.37. The maximum atomic E-state index is 12.5. The van der Waals surface area contributed by atoms with Crippen LogP contribution in [0.2, 0.25) is 0 Å². The Labute approximate surface area is 173 Å². The molecule has 0 atom stereocenters. The standard InChI is InChI=1S/C22H24BrN3O2/c1-22(2,3)20-12-18(25-26-20)13-24-21(27)16-6-4-5-15(11-16)14-28-19-9-7-17(23)8-10-19/h4-12H,13-14H2,1-3H3,(H,24,27)(H,25,26). The van der Waals surface area contributed by atoms with Crippen LogP contribution in [0.15, 0.2) is 59.1 Å². The first-order valence-corrected chi connectivity index (χ1v) is 9.91. The molecule has 1 aromatic heterocycles. The van der Waals surface area contributed by atoms with Crippen LogP contribution in [-0.2, 0) is 18.6 Å². The van der Waals surface area contributed by atoms with Crippen LogP contribution in [0.3, 0.4) is 0 Å². The highest BCUT2D eigenvalue weighted by Crippen LogP contribution is 2.20. The van der Waals surface area contributed by atoms with Crippen LogP contribution in [0.5, 0.6) is 5.75 Å². The lowest BCUT2D eigenvalue weighted by Gasteiger charge is -2.13. The number of amides is 1. The van der Waals surface area contributed by atoms with Gasteiger partial charge in [0, 0.05) is 15.5 Å². The molecule has 3 rings (SSSR count). The molecular formula is C22H24BrN3O2. The monoisotopic (exact) mass is 441 g/mol. The molecule has 5 nitrogen and oxygen atoms in total. The van der Waals surface area contributed by atoms with Crippen molar-refractivity contribution in [1.82, 2.24) is 15.5 Å². The van der Waals surface area contributed by atoms with Gasteiger partial charge in [0.1, 0.15) is 12.4 Å². The number of benzene rings is 2. The summed E-state index contributed by atoms with van der Waals surface area (Å²) in [4.78, 5) is 12.5. The third kappa shape index (κ3) is 5.45. The highest BCUT2D eigenvalue weighted by molar-refractivity contribution is 9.10. The van der Waals surface area contributed by atoms with Gasteiger partial charge in [-0.1, -0.05) is 48.8 Å². The largest absolute Gasteiger partial charge is 0.489 e. The number of aromatic amines is 1. The number of halogens is 1. The van der Waals surface area contributed by atoms with Gasteiger partial charge in [0.2, 0.25) is 0 Å². The molecule has 0 aliphatic rings. The molecule has 3 aromatic rings. The van der Waals surface area contributed by atoms with Gasteiger partial charge in [0.05, 0.1) is 17.9 Å². The molecular weight excluding hydrogens is 418 g/mol. The predicted octanol–water partition coefficient (Wildman–Crippen LogP) is 4.98. The first-order valence-electron chi connectivity index (χ1n) is 9.11. The van der Waals surface area contributed by atoms with E-state index in [1.165, 1.54) is 0 Å². The Morgan fingerprint density at radius 1 is 1.14 bits per heavy atom. The number of aromatic nitrogens is 2. The predicted molar refractivity (Wildman–Crippen MR) is 113 cm³/mol. The molecule has 6 heteroatoms. The molecule has 0 spiro atoms. The van der Waals surface area contributed by atoms with Crippen LogP contribution in [0.1, 0.15) is 48.1 Å². The Bertz CT molecular complexity index is 943. The summed E-state index contributed by atoms with van der Waals surface area (Å²) >= 11 is 3.40. The topological polar surface area (TPSA) is 67.0 Å². The zero-order valence-electron chi connectivity index (χ0n) is 16.3. The van der Waals surface area contributed by atoms with Gasteiger partial charge in [-0.2, -0.15) is 5.10 Å². The second-order valence-corrected chi connectivity index (χ2v) is 8.57. The number of nitrogens with one attached hydrogen (secondary N) is 2. The van der Waals surface area contributed by atoms with E-state index >= 15 is 0 Å². The second-order valence-electron chi connectivity index (χ2n) is 7.65. The molecule has 0 unspecified atom stereocenters. The molecule has 0 fully saturated rings. The van der Waals surface area contributed by atoms with Crippen molar-refractivity contribution in [3.63, 3.8) is 0 Å². The van der Waals surface area contributed by atoms with Gasteiger partial charge in [-0.25, -0.2) is 0 Å². The highest BCUT2D eigenvalue weighted by atomic mass is 79.9. The average molecular weight is 442 g/mol. The van der Waals surface area contributed by atoms with Crippen LogP contribution in [-0.4, -0.2) is 16.1 Å². The summed E-state index contributed by atoms with van der Waals surface area (Å²) in [6, 6.07) is 17.1. The maximum absolute atomic E-state index is 12.5. The number of hydrogen-bond donors (Lipinski definition) is 2. The van der Waals surface area contributed by atoms with Crippen molar-refractivity contribution in [3.8, 4) is 5.75 Å². The number of ether oxygens (including phenoxy) is 1. The number of rotatable bonds is 6. The Hall–Kier alpha value is -2.60. The minimum atomic E-state index is -0.127. The minimum absolute atomic E-state index is 0.0259. The first-order chi connectivity index (χ1) is 13.3. The van der Waals surface area contributed by atoms with Crippen molar-refractivity contribution in [3.05, 3.63) is 81.6 Å². The third-order valence-corrected chi connectivity index (χ3v) is 4.78. The van der Waals surface area contributed by atoms with E-state index in [4.69, 9.17) is 4.74 Å². The molecule has 0 aliphatic heterocycles. The highest BCUT2D eigenvalue weighted by Gasteiger charge is 2.17. The van der Waals surface area contributed by atoms with Crippen molar-refractivity contribution >= 4 is 21.8 Å². The smallest absolute Gasteiger partial charge is 0.251 e. The zero-order valence-corrected chi connectivity index (χ0v) is 17.8. The molecule has 1 heterocycles. The van der Waals surface area contributed by atoms with Crippen LogP contribution >= 0.6 is 15.9 Å². The van der Waals surface area contributed by atoms with Crippen molar-refractivity contribution in [2.75, 3.05) is 0 Å². The van der Waals surface area contributed by atoms with Crippen LogP contribution < -0.4 is 10.1 Å². The average Bonchev–Trinajstić information content (AvgIpc) is 3.15. The number of nitrogens with zero attached hydrogens (tertiary/aromatic N) is 1. The van der Waals surface area contributed by atoms with E-state index in [0.29, 0.717) is 18.7 Å². The molecule has 1 amide bonds. The van der Waals surface area contributed by atoms with Gasteiger partial charge >= 0.3 is 0 Å². The lowest BCUT2D eigenvalue weighted by atomic mass is 9.92. The summed E-state index contributed by atoms with van der Waals surface area (Å²) in [7, 11) is 0. The Morgan fingerprint density at radius 3 is 2.57 bits per heavy atom. The SMILES string of the molecule is CC(C)(C)c1cc(CNC(=O)c2cccc(COc3ccc(Br)cc3)c2)[nH]n1. The Morgan fingerprint density at radius 2 is 1.89 bits per heavy atom. The van der Waals surface area contributed by atoms with Gasteiger partial charge in [-0.05, 0) is 48.0 Å². The van der Waals surface area contributed by atoms with Gasteiger partial charge in [-0.3, -0.25) is 9.89 Å². The van der Waals surface area contributed by atoms with Gasteiger partial charge < -0.3 is 10.1 Å². The van der Waals surface area contributed by atoms with Gasteiger partial charge in [-0.15, -0.1) is 0 Å². The van der Waals surface area contributed by atoms with Crippen LogP contribution in [0.4, 0.5) is 0 Å². The lowest BCUT2D eigenvalue weighted by Crippen LogP contribution is -2.23. The van der Waals surface area contributed by atoms with Gasteiger partial charge in [0.15, 0.2) is 0 Å². The van der Waals surface area contributed by atoms with E-state index in [2.05, 4.69) is 52.2 Å². The van der Waals surface area contributed by atoms with E-state index in [9.17, 15) is 4.79 Å². The first kappa shape index (κ1) is 20.1. The molecule has 2 N–H and O–H groups in total. The fourth-order valence-corrected chi connectivity index (χ4v) is 2.88. The Kier molecular flexibility index (Phi) is 6.19. The summed E-state index contributed by atoms with van der Waals surface area (Å²) in [6.45, 7) is 7.12. The van der Waals surface area contributed by atoms with Crippen LogP contribution in [0.25, 0.3) is 0 Å². The molecule has 0 radical (unpaired) electrons. The maximum Gasteiger partial charge on any atom is 0.251 e. The molecule has 0 bridgehead atoms. The summed E-state index contributed by atoms with van der Waals surface area (Å²) in [5.74, 6) is 0.657. The number of hydrogen-bond acceptors (Lipinski definition) is 3. The molecule has 2 aromatic carbocycles. The number of H-pyrrole nitrogens is 1. The summed E-state index contributed by atoms with van der Waals surface area (Å²) in [6.07, 6.45) is 0. The van der Waals surface area contributed by atoms with Crippen molar-refractivity contribution in [2.24, 2.45) is 0 Å². The van der Waals surface area contributed by atoms with E-state index < -0.39 is 0 Å². The molecule has 0 saturated heterocycles. The second kappa shape index (κ2) is 8.61. The number of carbonyl (C=O) groups is 1. The fourth-order valence-electron chi connectivity index (χ4n) is 2.61. The van der Waals surface area contributed by atoms with E-state index in [1.807, 2.05) is 48.5 Å². The molecule has 146 valence electrons. The molecule has 0 aliphatic carbocycles. The van der Waals surface area contributed by atoms with Crippen molar-refractivity contribution in [1.29, 1.82) is 0 Å². The summed E-state index contributed by atoms with van der Waals surface area (Å²) < 4.78 is 6.78. The Balaban J connectivity index is 1.57. The quantitative estimate of drug-likeness (QED) is 0.566. The minimum Gasteiger partial charge on any atom is -0.489 e. The zero-order chi connectivity index (χ0) is 20.1. The molecule has 28 heavy (non-hydrogen) atoms. The normalized spacial score (nSPS) is 11.3.